The van der Waals surface area contributed by atoms with E-state index in [-0.39, 0.29) is 18.0 Å². The number of rotatable bonds is 7. The maximum absolute atomic E-state index is 13.1. The molecule has 2 unspecified atom stereocenters. The van der Waals surface area contributed by atoms with Gasteiger partial charge in [-0.3, -0.25) is 0 Å². The van der Waals surface area contributed by atoms with E-state index in [1.165, 1.54) is 18.3 Å². The van der Waals surface area contributed by atoms with Crippen molar-refractivity contribution in [1.82, 2.24) is 0 Å². The second kappa shape index (κ2) is 8.47. The average molecular weight is 363 g/mol. The number of ether oxygens (including phenoxy) is 1. The summed E-state index contributed by atoms with van der Waals surface area (Å²) in [5.41, 5.74) is 9.26. The van der Waals surface area contributed by atoms with E-state index in [2.05, 4.69) is 5.32 Å². The van der Waals surface area contributed by atoms with Gasteiger partial charge in [0.25, 0.3) is 0 Å². The van der Waals surface area contributed by atoms with Crippen molar-refractivity contribution in [3.8, 4) is 5.75 Å². The van der Waals surface area contributed by atoms with Crippen LogP contribution in [0.25, 0.3) is 0 Å². The van der Waals surface area contributed by atoms with Crippen LogP contribution in [0.2, 0.25) is 0 Å². The Bertz CT molecular complexity index is 895. The van der Waals surface area contributed by atoms with Crippen LogP contribution in [0, 0.1) is 11.2 Å². The Kier molecular flexibility index (Phi) is 5.84. The fourth-order valence-electron chi connectivity index (χ4n) is 2.80. The second-order valence-corrected chi connectivity index (χ2v) is 6.33. The van der Waals surface area contributed by atoms with Gasteiger partial charge in [0.2, 0.25) is 0 Å². The molecule has 0 saturated carbocycles. The Hall–Kier alpha value is -3.18. The monoisotopic (exact) mass is 363 g/mol. The first-order chi connectivity index (χ1) is 13.1. The Morgan fingerprint density at radius 2 is 1.74 bits per heavy atom. The van der Waals surface area contributed by atoms with Crippen LogP contribution in [0.4, 0.5) is 15.8 Å². The van der Waals surface area contributed by atoms with Crippen molar-refractivity contribution in [3.63, 3.8) is 0 Å². The molecule has 138 valence electrons. The summed E-state index contributed by atoms with van der Waals surface area (Å²) in [5.74, 6) is 0.337. The predicted octanol–water partition coefficient (Wildman–Crippen LogP) is 5.03. The zero-order chi connectivity index (χ0) is 19.2. The van der Waals surface area contributed by atoms with Gasteiger partial charge in [-0.15, -0.1) is 0 Å². The number of nitrogens with two attached hydrogens (primary N) is 1. The van der Waals surface area contributed by atoms with Crippen LogP contribution in [0.5, 0.6) is 5.75 Å². The molecule has 2 atom stereocenters. The highest BCUT2D eigenvalue weighted by atomic mass is 19.1. The molecule has 0 amide bonds. The molecular formula is C22H22FN3O. The first kappa shape index (κ1) is 18.6. The minimum absolute atomic E-state index is 0.201. The SMILES string of the molecule is CC(N)C(Oc1ccc(Nc2ccc(F)cc2)c(C=N)c1)c1ccccc1. The maximum atomic E-state index is 13.1. The quantitative estimate of drug-likeness (QED) is 0.515. The second-order valence-electron chi connectivity index (χ2n) is 6.33. The summed E-state index contributed by atoms with van der Waals surface area (Å²) in [7, 11) is 0. The van der Waals surface area contributed by atoms with E-state index in [4.69, 9.17) is 15.9 Å². The molecule has 0 fully saturated rings. The van der Waals surface area contributed by atoms with Crippen molar-refractivity contribution in [3.05, 3.63) is 89.7 Å². The topological polar surface area (TPSA) is 71.1 Å². The number of hydrogen-bond donors (Lipinski definition) is 3. The van der Waals surface area contributed by atoms with Crippen LogP contribution in [-0.4, -0.2) is 12.3 Å². The van der Waals surface area contributed by atoms with Gasteiger partial charge >= 0.3 is 0 Å². The van der Waals surface area contributed by atoms with Crippen molar-refractivity contribution in [1.29, 1.82) is 5.41 Å². The van der Waals surface area contributed by atoms with E-state index in [1.54, 1.807) is 18.2 Å². The number of halogens is 1. The van der Waals surface area contributed by atoms with Crippen molar-refractivity contribution in [2.45, 2.75) is 19.1 Å². The van der Waals surface area contributed by atoms with Gasteiger partial charge in [-0.1, -0.05) is 30.3 Å². The first-order valence-electron chi connectivity index (χ1n) is 8.71. The highest BCUT2D eigenvalue weighted by molar-refractivity contribution is 5.88. The first-order valence-corrected chi connectivity index (χ1v) is 8.71. The summed E-state index contributed by atoms with van der Waals surface area (Å²) < 4.78 is 19.2. The van der Waals surface area contributed by atoms with E-state index < -0.39 is 0 Å². The lowest BCUT2D eigenvalue weighted by atomic mass is 10.0. The lowest BCUT2D eigenvalue weighted by molar-refractivity contribution is 0.180. The fraction of sp³-hybridized carbons (Fsp3) is 0.136. The molecule has 0 aliphatic heterocycles. The van der Waals surface area contributed by atoms with E-state index in [0.29, 0.717) is 11.3 Å². The molecule has 4 N–H and O–H groups in total. The third kappa shape index (κ3) is 4.71. The Morgan fingerprint density at radius 1 is 1.04 bits per heavy atom. The van der Waals surface area contributed by atoms with Crippen LogP contribution < -0.4 is 15.8 Å². The molecule has 0 heterocycles. The molecule has 5 heteroatoms. The predicted molar refractivity (Wildman–Crippen MR) is 107 cm³/mol. The fourth-order valence-corrected chi connectivity index (χ4v) is 2.80. The summed E-state index contributed by atoms with van der Waals surface area (Å²) in [5, 5.41) is 10.9. The molecule has 0 aromatic heterocycles. The summed E-state index contributed by atoms with van der Waals surface area (Å²) in [6.07, 6.45) is 0.961. The maximum Gasteiger partial charge on any atom is 0.138 e. The van der Waals surface area contributed by atoms with Gasteiger partial charge in [-0.05, 0) is 55.0 Å². The van der Waals surface area contributed by atoms with Crippen LogP contribution in [-0.2, 0) is 0 Å². The minimum atomic E-state index is -0.292. The number of hydrogen-bond acceptors (Lipinski definition) is 4. The molecule has 0 radical (unpaired) electrons. The largest absolute Gasteiger partial charge is 0.484 e. The zero-order valence-corrected chi connectivity index (χ0v) is 15.0. The third-order valence-corrected chi connectivity index (χ3v) is 4.17. The summed E-state index contributed by atoms with van der Waals surface area (Å²) in [6, 6.07) is 21.1. The van der Waals surface area contributed by atoms with Crippen molar-refractivity contribution in [2.24, 2.45) is 5.73 Å². The number of benzene rings is 3. The minimum Gasteiger partial charge on any atom is -0.484 e. The van der Waals surface area contributed by atoms with Gasteiger partial charge in [0.05, 0.1) is 0 Å². The zero-order valence-electron chi connectivity index (χ0n) is 15.0. The summed E-state index contributed by atoms with van der Waals surface area (Å²) in [4.78, 5) is 0. The van der Waals surface area contributed by atoms with Gasteiger partial charge in [0.1, 0.15) is 17.7 Å². The molecule has 0 spiro atoms. The van der Waals surface area contributed by atoms with Crippen molar-refractivity contribution >= 4 is 17.6 Å². The van der Waals surface area contributed by atoms with Gasteiger partial charge < -0.3 is 21.2 Å². The van der Waals surface area contributed by atoms with Crippen molar-refractivity contribution in [2.75, 3.05) is 5.32 Å². The highest BCUT2D eigenvalue weighted by Gasteiger charge is 2.18. The van der Waals surface area contributed by atoms with Gasteiger partial charge in [-0.25, -0.2) is 4.39 Å². The smallest absolute Gasteiger partial charge is 0.138 e. The molecule has 3 rings (SSSR count). The van der Waals surface area contributed by atoms with E-state index in [1.807, 2.05) is 49.4 Å². The summed E-state index contributed by atoms with van der Waals surface area (Å²) >= 11 is 0. The molecule has 0 aliphatic rings. The van der Waals surface area contributed by atoms with E-state index in [9.17, 15) is 4.39 Å². The molecule has 3 aromatic carbocycles. The molecule has 0 aliphatic carbocycles. The molecule has 0 saturated heterocycles. The lowest BCUT2D eigenvalue weighted by Gasteiger charge is -2.23. The average Bonchev–Trinajstić information content (AvgIpc) is 2.69. The number of anilines is 2. The van der Waals surface area contributed by atoms with Crippen LogP contribution in [0.1, 0.15) is 24.2 Å². The Labute approximate surface area is 158 Å². The normalized spacial score (nSPS) is 12.9. The molecule has 27 heavy (non-hydrogen) atoms. The van der Waals surface area contributed by atoms with E-state index >= 15 is 0 Å². The summed E-state index contributed by atoms with van der Waals surface area (Å²) in [6.45, 7) is 1.90. The standard InChI is InChI=1S/C22H22FN3O/c1-15(25)22(16-5-3-2-4-6-16)27-20-11-12-21(17(13-20)14-24)26-19-9-7-18(23)8-10-19/h2-15,22,24,26H,25H2,1H3. The number of nitrogens with one attached hydrogen (secondary N) is 2. The van der Waals surface area contributed by atoms with Crippen LogP contribution >= 0.6 is 0 Å². The molecule has 4 nitrogen and oxygen atoms in total. The lowest BCUT2D eigenvalue weighted by Crippen LogP contribution is -2.29. The molecular weight excluding hydrogens is 341 g/mol. The van der Waals surface area contributed by atoms with Gasteiger partial charge in [0, 0.05) is 29.2 Å². The highest BCUT2D eigenvalue weighted by Crippen LogP contribution is 2.29. The molecule has 3 aromatic rings. The Morgan fingerprint density at radius 3 is 2.37 bits per heavy atom. The van der Waals surface area contributed by atoms with Gasteiger partial charge in [-0.2, -0.15) is 0 Å². The molecule has 0 bridgehead atoms. The van der Waals surface area contributed by atoms with Gasteiger partial charge in [0.15, 0.2) is 0 Å². The van der Waals surface area contributed by atoms with Crippen LogP contribution in [0.15, 0.2) is 72.8 Å². The third-order valence-electron chi connectivity index (χ3n) is 4.17. The van der Waals surface area contributed by atoms with Crippen LogP contribution in [0.3, 0.4) is 0 Å². The Balaban J connectivity index is 1.82. The van der Waals surface area contributed by atoms with Crippen molar-refractivity contribution < 1.29 is 9.13 Å². The van der Waals surface area contributed by atoms with E-state index in [0.717, 1.165) is 16.9 Å².